The molecule has 0 fully saturated rings. The van der Waals surface area contributed by atoms with Crippen LogP contribution < -0.4 is 5.32 Å². The highest BCUT2D eigenvalue weighted by molar-refractivity contribution is 7.15. The summed E-state index contributed by atoms with van der Waals surface area (Å²) in [5.74, 6) is 0. The third kappa shape index (κ3) is 2.69. The van der Waals surface area contributed by atoms with Crippen LogP contribution in [0.3, 0.4) is 0 Å². The quantitative estimate of drug-likeness (QED) is 0.902. The lowest BCUT2D eigenvalue weighted by atomic mass is 10.2. The van der Waals surface area contributed by atoms with E-state index in [1.165, 1.54) is 11.3 Å². The number of aromatic nitrogens is 4. The minimum Gasteiger partial charge on any atom is -0.360 e. The number of rotatable bonds is 5. The molecule has 5 nitrogen and oxygen atoms in total. The summed E-state index contributed by atoms with van der Waals surface area (Å²) >= 11 is 1.60. The Morgan fingerprint density at radius 3 is 2.61 bits per heavy atom. The molecule has 0 aliphatic rings. The van der Waals surface area contributed by atoms with Gasteiger partial charge in [-0.15, -0.1) is 10.2 Å². The summed E-state index contributed by atoms with van der Waals surface area (Å²) in [5, 5.41) is 18.0. The lowest BCUT2D eigenvalue weighted by Gasteiger charge is -2.00. The van der Waals surface area contributed by atoms with Gasteiger partial charge in [0.15, 0.2) is 0 Å². The van der Waals surface area contributed by atoms with Gasteiger partial charge in [0.05, 0.1) is 12.2 Å². The fourth-order valence-electron chi connectivity index (χ4n) is 1.69. The van der Waals surface area contributed by atoms with Crippen LogP contribution in [0.15, 0.2) is 0 Å². The second-order valence-electron chi connectivity index (χ2n) is 4.38. The third-order valence-corrected chi connectivity index (χ3v) is 3.89. The molecule has 6 heteroatoms. The summed E-state index contributed by atoms with van der Waals surface area (Å²) < 4.78 is 1.99. The van der Waals surface area contributed by atoms with Crippen molar-refractivity contribution in [1.82, 2.24) is 20.0 Å². The predicted octanol–water partition coefficient (Wildman–Crippen LogP) is 2.53. The molecule has 0 bridgehead atoms. The van der Waals surface area contributed by atoms with Crippen molar-refractivity contribution in [2.45, 2.75) is 40.7 Å². The van der Waals surface area contributed by atoms with Crippen LogP contribution in [0, 0.1) is 20.8 Å². The minimum atomic E-state index is 0.700. The number of nitrogens with zero attached hydrogens (tertiary/aromatic N) is 4. The molecule has 0 atom stereocenters. The maximum absolute atomic E-state index is 4.51. The maximum Gasteiger partial charge on any atom is 0.205 e. The zero-order chi connectivity index (χ0) is 13.1. The molecular formula is C12H19N5S. The number of hydrogen-bond acceptors (Lipinski definition) is 5. The molecule has 0 radical (unpaired) electrons. The molecule has 0 saturated carbocycles. The molecule has 98 valence electrons. The van der Waals surface area contributed by atoms with Gasteiger partial charge in [0.1, 0.15) is 5.01 Å². The van der Waals surface area contributed by atoms with Crippen LogP contribution in [0.4, 0.5) is 5.13 Å². The largest absolute Gasteiger partial charge is 0.360 e. The van der Waals surface area contributed by atoms with Gasteiger partial charge in [-0.05, 0) is 32.8 Å². The van der Waals surface area contributed by atoms with E-state index in [-0.39, 0.29) is 0 Å². The second-order valence-corrected chi connectivity index (χ2v) is 5.44. The second kappa shape index (κ2) is 5.48. The van der Waals surface area contributed by atoms with Crippen molar-refractivity contribution in [3.8, 4) is 0 Å². The van der Waals surface area contributed by atoms with Crippen LogP contribution in [0.2, 0.25) is 0 Å². The first kappa shape index (κ1) is 13.0. The highest BCUT2D eigenvalue weighted by Gasteiger charge is 2.10. The van der Waals surface area contributed by atoms with Crippen LogP contribution in [0.1, 0.15) is 35.3 Å². The minimum absolute atomic E-state index is 0.700. The van der Waals surface area contributed by atoms with Gasteiger partial charge < -0.3 is 5.32 Å². The van der Waals surface area contributed by atoms with Crippen LogP contribution in [0.5, 0.6) is 0 Å². The molecule has 0 aliphatic carbocycles. The zero-order valence-corrected chi connectivity index (χ0v) is 12.1. The first-order valence-corrected chi connectivity index (χ1v) is 7.00. The summed E-state index contributed by atoms with van der Waals surface area (Å²) in [6, 6.07) is 0. The Morgan fingerprint density at radius 1 is 1.22 bits per heavy atom. The van der Waals surface area contributed by atoms with Gasteiger partial charge in [0.2, 0.25) is 5.13 Å². The van der Waals surface area contributed by atoms with E-state index in [0.717, 1.165) is 28.8 Å². The Balaban J connectivity index is 2.09. The highest BCUT2D eigenvalue weighted by atomic mass is 32.1. The molecule has 0 amide bonds. The molecule has 1 N–H and O–H groups in total. The molecule has 2 rings (SSSR count). The fourth-order valence-corrected chi connectivity index (χ4v) is 2.44. The lowest BCUT2D eigenvalue weighted by Crippen LogP contribution is -2.03. The van der Waals surface area contributed by atoms with Crippen molar-refractivity contribution in [2.75, 3.05) is 11.9 Å². The maximum atomic E-state index is 4.51. The molecule has 0 spiro atoms. The molecule has 0 saturated heterocycles. The van der Waals surface area contributed by atoms with Gasteiger partial charge in [0, 0.05) is 12.2 Å². The van der Waals surface area contributed by atoms with Gasteiger partial charge in [-0.25, -0.2) is 0 Å². The summed E-state index contributed by atoms with van der Waals surface area (Å²) in [7, 11) is 0. The lowest BCUT2D eigenvalue weighted by molar-refractivity contribution is 0.651. The normalized spacial score (nSPS) is 10.9. The Kier molecular flexibility index (Phi) is 3.96. The van der Waals surface area contributed by atoms with Crippen LogP contribution in [-0.2, 0) is 6.54 Å². The van der Waals surface area contributed by atoms with Gasteiger partial charge >= 0.3 is 0 Å². The molecule has 2 heterocycles. The number of hydrogen-bond donors (Lipinski definition) is 1. The van der Waals surface area contributed by atoms with Crippen LogP contribution >= 0.6 is 11.3 Å². The summed E-state index contributed by atoms with van der Waals surface area (Å²) in [4.78, 5) is 0. The first-order valence-electron chi connectivity index (χ1n) is 6.18. The average Bonchev–Trinajstić information content (AvgIpc) is 2.89. The van der Waals surface area contributed by atoms with E-state index in [1.54, 1.807) is 11.3 Å². The molecule has 2 aromatic heterocycles. The van der Waals surface area contributed by atoms with Crippen molar-refractivity contribution in [3.63, 3.8) is 0 Å². The Bertz CT molecular complexity index is 529. The van der Waals surface area contributed by atoms with E-state index in [0.29, 0.717) is 6.54 Å². The smallest absolute Gasteiger partial charge is 0.205 e. The Hall–Kier alpha value is -1.43. The summed E-state index contributed by atoms with van der Waals surface area (Å²) in [6.07, 6.45) is 1.09. The number of anilines is 1. The van der Waals surface area contributed by atoms with Gasteiger partial charge in [-0.3, -0.25) is 4.68 Å². The van der Waals surface area contributed by atoms with Crippen LogP contribution in [-0.4, -0.2) is 26.5 Å². The molecule has 2 aromatic rings. The SMILES string of the molecule is CCCNc1nnc(Cn2nc(C)c(C)c2C)s1. The molecule has 18 heavy (non-hydrogen) atoms. The van der Waals surface area contributed by atoms with Crippen molar-refractivity contribution < 1.29 is 0 Å². The van der Waals surface area contributed by atoms with E-state index in [1.807, 2.05) is 11.6 Å². The third-order valence-electron chi connectivity index (χ3n) is 3.02. The van der Waals surface area contributed by atoms with Gasteiger partial charge in [-0.1, -0.05) is 18.3 Å². The summed E-state index contributed by atoms with van der Waals surface area (Å²) in [5.41, 5.74) is 3.54. The first-order chi connectivity index (χ1) is 8.61. The molecule has 0 aliphatic heterocycles. The van der Waals surface area contributed by atoms with Gasteiger partial charge in [-0.2, -0.15) is 5.10 Å². The van der Waals surface area contributed by atoms with Crippen molar-refractivity contribution >= 4 is 16.5 Å². The van der Waals surface area contributed by atoms with Crippen LogP contribution in [0.25, 0.3) is 0 Å². The molecule has 0 aromatic carbocycles. The summed E-state index contributed by atoms with van der Waals surface area (Å²) in [6.45, 7) is 10.00. The Labute approximate surface area is 111 Å². The topological polar surface area (TPSA) is 55.6 Å². The standard InChI is InChI=1S/C12H19N5S/c1-5-6-13-12-15-14-11(18-12)7-17-10(4)8(2)9(3)16-17/h5-7H2,1-4H3,(H,13,15). The Morgan fingerprint density at radius 2 is 2.00 bits per heavy atom. The van der Waals surface area contributed by atoms with Crippen molar-refractivity contribution in [3.05, 3.63) is 22.0 Å². The number of nitrogens with one attached hydrogen (secondary N) is 1. The van der Waals surface area contributed by atoms with Crippen molar-refractivity contribution in [2.24, 2.45) is 0 Å². The monoisotopic (exact) mass is 265 g/mol. The molecular weight excluding hydrogens is 246 g/mol. The predicted molar refractivity (Wildman–Crippen MR) is 74.2 cm³/mol. The highest BCUT2D eigenvalue weighted by Crippen LogP contribution is 2.18. The average molecular weight is 265 g/mol. The number of aryl methyl sites for hydroxylation is 1. The van der Waals surface area contributed by atoms with E-state index in [2.05, 4.69) is 41.4 Å². The molecule has 0 unspecified atom stereocenters. The van der Waals surface area contributed by atoms with Gasteiger partial charge in [0.25, 0.3) is 0 Å². The zero-order valence-electron chi connectivity index (χ0n) is 11.3. The fraction of sp³-hybridized carbons (Fsp3) is 0.583. The van der Waals surface area contributed by atoms with E-state index in [9.17, 15) is 0 Å². The van der Waals surface area contributed by atoms with E-state index in [4.69, 9.17) is 0 Å². The van der Waals surface area contributed by atoms with Crippen molar-refractivity contribution in [1.29, 1.82) is 0 Å². The van der Waals surface area contributed by atoms with E-state index >= 15 is 0 Å². The van der Waals surface area contributed by atoms with E-state index < -0.39 is 0 Å².